The molecule has 0 saturated carbocycles. The molecule has 1 aromatic rings. The van der Waals surface area contributed by atoms with Crippen LogP contribution >= 0.6 is 0 Å². The van der Waals surface area contributed by atoms with E-state index >= 15 is 0 Å². The molecular formula is C12H12F4O2. The second-order valence-corrected chi connectivity index (χ2v) is 4.61. The van der Waals surface area contributed by atoms with Gasteiger partial charge in [0.25, 0.3) is 0 Å². The Bertz CT molecular complexity index is 464. The first-order chi connectivity index (χ1) is 8.05. The number of alkyl halides is 3. The van der Waals surface area contributed by atoms with Crippen molar-refractivity contribution in [2.45, 2.75) is 31.9 Å². The maximum atomic E-state index is 13.6. The van der Waals surface area contributed by atoms with E-state index < -0.39 is 40.9 Å². The van der Waals surface area contributed by atoms with Crippen LogP contribution < -0.4 is 0 Å². The molecule has 0 spiro atoms. The van der Waals surface area contributed by atoms with Crippen LogP contribution in [0.4, 0.5) is 17.6 Å². The van der Waals surface area contributed by atoms with Crippen molar-refractivity contribution in [2.24, 2.45) is 0 Å². The number of hydrogen-bond donors (Lipinski definition) is 1. The third-order valence-electron chi connectivity index (χ3n) is 2.59. The topological polar surface area (TPSA) is 37.3 Å². The summed E-state index contributed by atoms with van der Waals surface area (Å²) < 4.78 is 52.0. The van der Waals surface area contributed by atoms with Crippen LogP contribution in [0, 0.1) is 5.82 Å². The van der Waals surface area contributed by atoms with Crippen LogP contribution in [0.2, 0.25) is 0 Å². The second kappa shape index (κ2) is 4.59. The van der Waals surface area contributed by atoms with E-state index in [1.54, 1.807) is 0 Å². The predicted molar refractivity (Wildman–Crippen MR) is 56.7 cm³/mol. The molecule has 0 amide bonds. The van der Waals surface area contributed by atoms with E-state index in [1.807, 2.05) is 0 Å². The molecule has 6 heteroatoms. The van der Waals surface area contributed by atoms with E-state index in [1.165, 1.54) is 13.8 Å². The van der Waals surface area contributed by atoms with Crippen LogP contribution in [-0.4, -0.2) is 11.1 Å². The van der Waals surface area contributed by atoms with Gasteiger partial charge in [0.1, 0.15) is 5.82 Å². The summed E-state index contributed by atoms with van der Waals surface area (Å²) in [6.45, 7) is 2.55. The molecule has 1 rings (SSSR count). The molecule has 0 aliphatic rings. The largest absolute Gasteiger partial charge is 0.481 e. The summed E-state index contributed by atoms with van der Waals surface area (Å²) in [5, 5.41) is 8.69. The summed E-state index contributed by atoms with van der Waals surface area (Å²) in [7, 11) is 0. The Morgan fingerprint density at radius 1 is 1.28 bits per heavy atom. The number of carboxylic acid groups (broad SMARTS) is 1. The molecule has 0 aliphatic heterocycles. The standard InChI is InChI=1S/C12H12F4O2/c1-11(2,6-9(17)18)10-7(12(14,15)16)4-3-5-8(10)13/h3-5H,6H2,1-2H3,(H,17,18). The minimum atomic E-state index is -4.72. The molecule has 2 nitrogen and oxygen atoms in total. The molecule has 0 aliphatic carbocycles. The predicted octanol–water partition coefficient (Wildman–Crippen LogP) is 3.60. The Labute approximate surface area is 101 Å². The number of carboxylic acids is 1. The molecule has 0 unspecified atom stereocenters. The number of carbonyl (C=O) groups is 1. The fraction of sp³-hybridized carbons (Fsp3) is 0.417. The average Bonchev–Trinajstić information content (AvgIpc) is 2.13. The van der Waals surface area contributed by atoms with Gasteiger partial charge in [-0.1, -0.05) is 19.9 Å². The zero-order valence-corrected chi connectivity index (χ0v) is 9.81. The number of benzene rings is 1. The van der Waals surface area contributed by atoms with Crippen LogP contribution in [0.15, 0.2) is 18.2 Å². The second-order valence-electron chi connectivity index (χ2n) is 4.61. The van der Waals surface area contributed by atoms with Crippen LogP contribution in [0.3, 0.4) is 0 Å². The summed E-state index contributed by atoms with van der Waals surface area (Å²) in [6, 6.07) is 2.61. The maximum Gasteiger partial charge on any atom is 0.416 e. The van der Waals surface area contributed by atoms with Gasteiger partial charge in [0.15, 0.2) is 0 Å². The Morgan fingerprint density at radius 2 is 1.83 bits per heavy atom. The van der Waals surface area contributed by atoms with Gasteiger partial charge in [0.2, 0.25) is 0 Å². The van der Waals surface area contributed by atoms with Crippen LogP contribution in [0.1, 0.15) is 31.4 Å². The molecule has 100 valence electrons. The van der Waals surface area contributed by atoms with Crippen LogP contribution in [0.5, 0.6) is 0 Å². The van der Waals surface area contributed by atoms with Gasteiger partial charge in [-0.05, 0) is 12.1 Å². The van der Waals surface area contributed by atoms with E-state index in [9.17, 15) is 22.4 Å². The van der Waals surface area contributed by atoms with Gasteiger partial charge in [-0.2, -0.15) is 13.2 Å². The smallest absolute Gasteiger partial charge is 0.416 e. The van der Waals surface area contributed by atoms with E-state index in [2.05, 4.69) is 0 Å². The van der Waals surface area contributed by atoms with E-state index in [0.29, 0.717) is 0 Å². The van der Waals surface area contributed by atoms with Crippen molar-refractivity contribution in [1.29, 1.82) is 0 Å². The van der Waals surface area contributed by atoms with Crippen molar-refractivity contribution in [3.8, 4) is 0 Å². The van der Waals surface area contributed by atoms with Gasteiger partial charge >= 0.3 is 12.1 Å². The van der Waals surface area contributed by atoms with Gasteiger partial charge in [-0.15, -0.1) is 0 Å². The fourth-order valence-corrected chi connectivity index (χ4v) is 1.91. The monoisotopic (exact) mass is 264 g/mol. The zero-order chi connectivity index (χ0) is 14.1. The van der Waals surface area contributed by atoms with Gasteiger partial charge in [-0.3, -0.25) is 4.79 Å². The Hall–Kier alpha value is -1.59. The summed E-state index contributed by atoms with van der Waals surface area (Å²) in [6.07, 6.45) is -5.30. The minimum absolute atomic E-state index is 0.586. The highest BCUT2D eigenvalue weighted by Crippen LogP contribution is 2.40. The molecule has 18 heavy (non-hydrogen) atoms. The number of aliphatic carboxylic acids is 1. The lowest BCUT2D eigenvalue weighted by molar-refractivity contribution is -0.141. The summed E-state index contributed by atoms with van der Waals surface area (Å²) in [5.74, 6) is -2.33. The normalized spacial score (nSPS) is 12.6. The first-order valence-electron chi connectivity index (χ1n) is 5.13. The Balaban J connectivity index is 3.43. The third kappa shape index (κ3) is 3.00. The van der Waals surface area contributed by atoms with E-state index in [0.717, 1.165) is 18.2 Å². The summed E-state index contributed by atoms with van der Waals surface area (Å²) in [4.78, 5) is 10.7. The summed E-state index contributed by atoms with van der Waals surface area (Å²) in [5.41, 5.74) is -3.18. The highest BCUT2D eigenvalue weighted by molar-refractivity contribution is 5.69. The van der Waals surface area contributed by atoms with Crippen molar-refractivity contribution < 1.29 is 27.5 Å². The number of hydrogen-bond acceptors (Lipinski definition) is 1. The molecule has 0 fully saturated rings. The molecule has 0 aromatic heterocycles. The SMILES string of the molecule is CC(C)(CC(=O)O)c1c(F)cccc1C(F)(F)F. The lowest BCUT2D eigenvalue weighted by Crippen LogP contribution is -2.27. The van der Waals surface area contributed by atoms with Gasteiger partial charge in [0, 0.05) is 11.0 Å². The zero-order valence-electron chi connectivity index (χ0n) is 9.81. The van der Waals surface area contributed by atoms with Gasteiger partial charge in [0.05, 0.1) is 12.0 Å². The quantitative estimate of drug-likeness (QED) is 0.847. The van der Waals surface area contributed by atoms with E-state index in [-0.39, 0.29) is 0 Å². The Kier molecular flexibility index (Phi) is 3.69. The maximum absolute atomic E-state index is 13.6. The van der Waals surface area contributed by atoms with Crippen molar-refractivity contribution in [2.75, 3.05) is 0 Å². The summed E-state index contributed by atoms with van der Waals surface area (Å²) >= 11 is 0. The molecule has 1 N–H and O–H groups in total. The molecule has 0 saturated heterocycles. The molecule has 0 heterocycles. The third-order valence-corrected chi connectivity index (χ3v) is 2.59. The molecule has 0 bridgehead atoms. The average molecular weight is 264 g/mol. The molecular weight excluding hydrogens is 252 g/mol. The van der Waals surface area contributed by atoms with E-state index in [4.69, 9.17) is 5.11 Å². The van der Waals surface area contributed by atoms with Crippen molar-refractivity contribution >= 4 is 5.97 Å². The van der Waals surface area contributed by atoms with Gasteiger partial charge in [-0.25, -0.2) is 4.39 Å². The lowest BCUT2D eigenvalue weighted by Gasteiger charge is -2.27. The van der Waals surface area contributed by atoms with Gasteiger partial charge < -0.3 is 5.11 Å². The van der Waals surface area contributed by atoms with Crippen LogP contribution in [0.25, 0.3) is 0 Å². The minimum Gasteiger partial charge on any atom is -0.481 e. The molecule has 0 radical (unpaired) electrons. The van der Waals surface area contributed by atoms with Crippen molar-refractivity contribution in [3.05, 3.63) is 35.1 Å². The highest BCUT2D eigenvalue weighted by Gasteiger charge is 2.40. The number of halogens is 4. The molecule has 0 atom stereocenters. The number of rotatable bonds is 3. The lowest BCUT2D eigenvalue weighted by atomic mass is 9.78. The van der Waals surface area contributed by atoms with Crippen molar-refractivity contribution in [1.82, 2.24) is 0 Å². The van der Waals surface area contributed by atoms with Crippen LogP contribution in [-0.2, 0) is 16.4 Å². The first kappa shape index (κ1) is 14.5. The fourth-order valence-electron chi connectivity index (χ4n) is 1.91. The Morgan fingerprint density at radius 3 is 2.28 bits per heavy atom. The van der Waals surface area contributed by atoms with Crippen molar-refractivity contribution in [3.63, 3.8) is 0 Å². The first-order valence-corrected chi connectivity index (χ1v) is 5.13. The highest BCUT2D eigenvalue weighted by atomic mass is 19.4. The molecule has 1 aromatic carbocycles.